The molecule has 1 heterocycles. The molecule has 0 saturated carbocycles. The summed E-state index contributed by atoms with van der Waals surface area (Å²) < 4.78 is 40.8. The first-order chi connectivity index (χ1) is 13.6. The smallest absolute Gasteiger partial charge is 0.387 e. The average Bonchev–Trinajstić information content (AvgIpc) is 2.69. The van der Waals surface area contributed by atoms with E-state index in [1.165, 1.54) is 6.07 Å². The van der Waals surface area contributed by atoms with Crippen molar-refractivity contribution in [1.82, 2.24) is 10.2 Å². The van der Waals surface area contributed by atoms with E-state index in [1.807, 2.05) is 6.92 Å². The van der Waals surface area contributed by atoms with Gasteiger partial charge in [-0.25, -0.2) is 4.99 Å². The van der Waals surface area contributed by atoms with Gasteiger partial charge in [0.1, 0.15) is 11.5 Å². The van der Waals surface area contributed by atoms with Crippen molar-refractivity contribution >= 4 is 5.96 Å². The van der Waals surface area contributed by atoms with Crippen LogP contribution in [0.15, 0.2) is 23.2 Å². The van der Waals surface area contributed by atoms with Crippen LogP contribution in [0.3, 0.4) is 0 Å². The van der Waals surface area contributed by atoms with Gasteiger partial charge in [-0.1, -0.05) is 6.92 Å². The molecule has 0 aromatic heterocycles. The van der Waals surface area contributed by atoms with E-state index in [0.29, 0.717) is 24.5 Å². The summed E-state index contributed by atoms with van der Waals surface area (Å²) in [4.78, 5) is 6.56. The van der Waals surface area contributed by atoms with E-state index >= 15 is 0 Å². The Bertz CT molecular complexity index is 611. The summed E-state index contributed by atoms with van der Waals surface area (Å²) in [7, 11) is 0. The molecule has 1 saturated heterocycles. The molecule has 1 aliphatic rings. The maximum absolute atomic E-state index is 12.7. The molecule has 0 radical (unpaired) electrons. The van der Waals surface area contributed by atoms with Crippen molar-refractivity contribution in [1.29, 1.82) is 0 Å². The molecule has 0 spiro atoms. The Morgan fingerprint density at radius 3 is 2.86 bits per heavy atom. The zero-order valence-corrected chi connectivity index (χ0v) is 16.3. The van der Waals surface area contributed by atoms with Gasteiger partial charge in [-0.3, -0.25) is 4.90 Å². The molecule has 0 unspecified atom stereocenters. The monoisotopic (exact) mass is 400 g/mol. The second-order valence-corrected chi connectivity index (χ2v) is 6.43. The van der Waals surface area contributed by atoms with Crippen LogP contribution in [0, 0.1) is 0 Å². The van der Waals surface area contributed by atoms with E-state index in [-0.39, 0.29) is 18.3 Å². The van der Waals surface area contributed by atoms with Gasteiger partial charge < -0.3 is 25.3 Å². The summed E-state index contributed by atoms with van der Waals surface area (Å²) >= 11 is 0. The van der Waals surface area contributed by atoms with Gasteiger partial charge in [0.2, 0.25) is 0 Å². The van der Waals surface area contributed by atoms with E-state index in [4.69, 9.17) is 15.2 Å². The highest BCUT2D eigenvalue weighted by atomic mass is 19.3. The first-order valence-corrected chi connectivity index (χ1v) is 9.63. The topological polar surface area (TPSA) is 81.3 Å². The maximum atomic E-state index is 12.7. The fourth-order valence-electron chi connectivity index (χ4n) is 2.75. The van der Waals surface area contributed by atoms with Crippen LogP contribution in [-0.2, 0) is 11.3 Å². The number of rotatable bonds is 11. The minimum Gasteiger partial charge on any atom is -0.493 e. The molecule has 3 N–H and O–H groups in total. The van der Waals surface area contributed by atoms with E-state index in [0.717, 1.165) is 45.7 Å². The SMILES string of the molecule is CCCOc1ccc(CN=C(N)NCCCN2CCOCC2)c(OC(F)F)c1. The second kappa shape index (κ2) is 12.4. The summed E-state index contributed by atoms with van der Waals surface area (Å²) in [6, 6.07) is 4.83. The third-order valence-electron chi connectivity index (χ3n) is 4.21. The van der Waals surface area contributed by atoms with Gasteiger partial charge >= 0.3 is 6.61 Å². The molecule has 0 aliphatic carbocycles. The summed E-state index contributed by atoms with van der Waals surface area (Å²) in [6.45, 7) is 4.82. The zero-order valence-electron chi connectivity index (χ0n) is 16.3. The number of guanidine groups is 1. The van der Waals surface area contributed by atoms with E-state index in [9.17, 15) is 8.78 Å². The molecular weight excluding hydrogens is 370 g/mol. The molecule has 9 heteroatoms. The first-order valence-electron chi connectivity index (χ1n) is 9.63. The number of halogens is 2. The zero-order chi connectivity index (χ0) is 20.2. The highest BCUT2D eigenvalue weighted by molar-refractivity contribution is 5.77. The minimum absolute atomic E-state index is 0.0486. The number of alkyl halides is 2. The van der Waals surface area contributed by atoms with Crippen molar-refractivity contribution in [2.24, 2.45) is 10.7 Å². The van der Waals surface area contributed by atoms with Crippen LogP contribution in [0.5, 0.6) is 11.5 Å². The van der Waals surface area contributed by atoms with Gasteiger partial charge in [0.05, 0.1) is 26.4 Å². The lowest BCUT2D eigenvalue weighted by Gasteiger charge is -2.26. The summed E-state index contributed by atoms with van der Waals surface area (Å²) in [5, 5.41) is 3.05. The molecular formula is C19H30F2N4O3. The number of nitrogens with two attached hydrogens (primary N) is 1. The van der Waals surface area contributed by atoms with E-state index in [2.05, 4.69) is 19.9 Å². The van der Waals surface area contributed by atoms with Gasteiger partial charge in [-0.15, -0.1) is 0 Å². The molecule has 7 nitrogen and oxygen atoms in total. The molecule has 0 bridgehead atoms. The van der Waals surface area contributed by atoms with E-state index in [1.54, 1.807) is 12.1 Å². The Morgan fingerprint density at radius 2 is 2.14 bits per heavy atom. The standard InChI is InChI=1S/C19H30F2N4O3/c1-2-10-27-16-5-4-15(17(13-16)28-18(20)21)14-24-19(22)23-6-3-7-25-8-11-26-12-9-25/h4-5,13,18H,2-3,6-12,14H2,1H3,(H3,22,23,24). The number of hydrogen-bond acceptors (Lipinski definition) is 5. The molecule has 28 heavy (non-hydrogen) atoms. The Balaban J connectivity index is 1.82. The predicted molar refractivity (Wildman–Crippen MR) is 104 cm³/mol. The number of aliphatic imine (C=N–C) groups is 1. The van der Waals surface area contributed by atoms with Crippen LogP contribution in [0.4, 0.5) is 8.78 Å². The quantitative estimate of drug-likeness (QED) is 0.337. The lowest BCUT2D eigenvalue weighted by atomic mass is 10.2. The Morgan fingerprint density at radius 1 is 1.36 bits per heavy atom. The Labute approximate surface area is 164 Å². The van der Waals surface area contributed by atoms with Gasteiger partial charge in [-0.2, -0.15) is 8.78 Å². The predicted octanol–water partition coefficient (Wildman–Crippen LogP) is 2.20. The lowest BCUT2D eigenvalue weighted by Crippen LogP contribution is -2.39. The van der Waals surface area contributed by atoms with Crippen molar-refractivity contribution in [2.75, 3.05) is 46.0 Å². The van der Waals surface area contributed by atoms with Crippen LogP contribution >= 0.6 is 0 Å². The van der Waals surface area contributed by atoms with Crippen molar-refractivity contribution in [3.63, 3.8) is 0 Å². The molecule has 158 valence electrons. The number of nitrogens with one attached hydrogen (secondary N) is 1. The third kappa shape index (κ3) is 8.26. The average molecular weight is 400 g/mol. The third-order valence-corrected chi connectivity index (χ3v) is 4.21. The molecule has 1 aromatic rings. The Kier molecular flexibility index (Phi) is 9.78. The molecule has 1 aromatic carbocycles. The van der Waals surface area contributed by atoms with Crippen LogP contribution in [-0.4, -0.2) is 63.5 Å². The minimum atomic E-state index is -2.92. The van der Waals surface area contributed by atoms with E-state index < -0.39 is 6.61 Å². The fourth-order valence-corrected chi connectivity index (χ4v) is 2.75. The largest absolute Gasteiger partial charge is 0.493 e. The normalized spacial score (nSPS) is 15.6. The molecule has 0 amide bonds. The summed E-state index contributed by atoms with van der Waals surface area (Å²) in [6.07, 6.45) is 1.75. The highest BCUT2D eigenvalue weighted by Crippen LogP contribution is 2.27. The molecule has 1 aliphatic heterocycles. The van der Waals surface area contributed by atoms with Crippen LogP contribution in [0.2, 0.25) is 0 Å². The van der Waals surface area contributed by atoms with Gasteiger partial charge in [-0.05, 0) is 31.5 Å². The maximum Gasteiger partial charge on any atom is 0.387 e. The van der Waals surface area contributed by atoms with Crippen molar-refractivity contribution in [2.45, 2.75) is 32.9 Å². The second-order valence-electron chi connectivity index (χ2n) is 6.43. The number of hydrogen-bond donors (Lipinski definition) is 2. The van der Waals surface area contributed by atoms with Crippen LogP contribution in [0.1, 0.15) is 25.3 Å². The van der Waals surface area contributed by atoms with Crippen LogP contribution < -0.4 is 20.5 Å². The number of benzene rings is 1. The first kappa shape index (κ1) is 22.2. The van der Waals surface area contributed by atoms with Crippen molar-refractivity contribution < 1.29 is 23.0 Å². The molecule has 0 atom stereocenters. The number of morpholine rings is 1. The number of nitrogens with zero attached hydrogens (tertiary/aromatic N) is 2. The molecule has 1 fully saturated rings. The van der Waals surface area contributed by atoms with Crippen molar-refractivity contribution in [3.05, 3.63) is 23.8 Å². The van der Waals surface area contributed by atoms with Gasteiger partial charge in [0.25, 0.3) is 0 Å². The Hall–Kier alpha value is -2.13. The van der Waals surface area contributed by atoms with Gasteiger partial charge in [0.15, 0.2) is 5.96 Å². The van der Waals surface area contributed by atoms with Crippen LogP contribution in [0.25, 0.3) is 0 Å². The summed E-state index contributed by atoms with van der Waals surface area (Å²) in [5.41, 5.74) is 6.40. The highest BCUT2D eigenvalue weighted by Gasteiger charge is 2.12. The van der Waals surface area contributed by atoms with Crippen molar-refractivity contribution in [3.8, 4) is 11.5 Å². The lowest BCUT2D eigenvalue weighted by molar-refractivity contribution is -0.0505. The summed E-state index contributed by atoms with van der Waals surface area (Å²) in [5.74, 6) is 0.809. The molecule has 2 rings (SSSR count). The van der Waals surface area contributed by atoms with Gasteiger partial charge in [0, 0.05) is 31.3 Å². The fraction of sp³-hybridized carbons (Fsp3) is 0.632. The number of ether oxygens (including phenoxy) is 3.